The summed E-state index contributed by atoms with van der Waals surface area (Å²) in [6, 6.07) is 7.70. The number of unbranched alkanes of at least 4 members (excludes halogenated alkanes) is 1. The highest BCUT2D eigenvalue weighted by molar-refractivity contribution is 14.1. The van der Waals surface area contributed by atoms with Gasteiger partial charge in [-0.2, -0.15) is 0 Å². The van der Waals surface area contributed by atoms with Crippen molar-refractivity contribution in [2.24, 2.45) is 0 Å². The molecule has 1 aromatic carbocycles. The number of piperazine rings is 1. The monoisotopic (exact) mass is 445 g/mol. The van der Waals surface area contributed by atoms with E-state index in [1.54, 1.807) is 0 Å². The molecule has 134 valence electrons. The van der Waals surface area contributed by atoms with Gasteiger partial charge in [-0.05, 0) is 72.8 Å². The van der Waals surface area contributed by atoms with Crippen molar-refractivity contribution in [1.29, 1.82) is 0 Å². The minimum absolute atomic E-state index is 0.0508. The predicted molar refractivity (Wildman–Crippen MR) is 105 cm³/mol. The number of amides is 1. The molecule has 0 aromatic heterocycles. The van der Waals surface area contributed by atoms with E-state index in [4.69, 9.17) is 4.74 Å². The van der Waals surface area contributed by atoms with Crippen LogP contribution in [0.25, 0.3) is 0 Å². The van der Waals surface area contributed by atoms with Gasteiger partial charge >= 0.3 is 0 Å². The van der Waals surface area contributed by atoms with E-state index in [9.17, 15) is 4.79 Å². The normalized spacial score (nSPS) is 16.1. The predicted octanol–water partition coefficient (Wildman–Crippen LogP) is 2.20. The first-order valence-electron chi connectivity index (χ1n) is 8.77. The Balaban J connectivity index is 1.48. The molecule has 1 aliphatic rings. The van der Waals surface area contributed by atoms with Crippen molar-refractivity contribution in [3.8, 4) is 5.75 Å². The van der Waals surface area contributed by atoms with E-state index in [0.29, 0.717) is 0 Å². The Bertz CT molecular complexity index is 488. The highest BCUT2D eigenvalue weighted by atomic mass is 127. The first-order chi connectivity index (χ1) is 11.7. The lowest BCUT2D eigenvalue weighted by molar-refractivity contribution is -0.123. The second-order valence-electron chi connectivity index (χ2n) is 6.08. The van der Waals surface area contributed by atoms with Crippen LogP contribution in [0.2, 0.25) is 0 Å². The molecule has 2 rings (SSSR count). The Kier molecular flexibility index (Phi) is 8.83. The van der Waals surface area contributed by atoms with Crippen LogP contribution in [0.5, 0.6) is 5.75 Å². The summed E-state index contributed by atoms with van der Waals surface area (Å²) in [5.41, 5.74) is 0. The van der Waals surface area contributed by atoms with Gasteiger partial charge in [-0.15, -0.1) is 0 Å². The average molecular weight is 445 g/mol. The van der Waals surface area contributed by atoms with Gasteiger partial charge in [-0.25, -0.2) is 0 Å². The Hall–Kier alpha value is -0.860. The molecule has 0 radical (unpaired) electrons. The van der Waals surface area contributed by atoms with E-state index in [0.717, 1.165) is 41.8 Å². The van der Waals surface area contributed by atoms with Gasteiger partial charge in [0.05, 0.1) is 0 Å². The molecule has 0 saturated carbocycles. The zero-order valence-electron chi connectivity index (χ0n) is 14.5. The van der Waals surface area contributed by atoms with Gasteiger partial charge in [0.25, 0.3) is 5.91 Å². The minimum atomic E-state index is -0.0508. The molecule has 5 nitrogen and oxygen atoms in total. The van der Waals surface area contributed by atoms with Crippen LogP contribution < -0.4 is 10.1 Å². The molecule has 6 heteroatoms. The van der Waals surface area contributed by atoms with E-state index < -0.39 is 0 Å². The molecule has 1 heterocycles. The summed E-state index contributed by atoms with van der Waals surface area (Å²) in [4.78, 5) is 16.8. The SMILES string of the molecule is CCN1CCN(CCCCNC(=O)COc2ccc(I)cc2)CC1. The van der Waals surface area contributed by atoms with Gasteiger partial charge in [0, 0.05) is 36.3 Å². The molecule has 0 aliphatic carbocycles. The third kappa shape index (κ3) is 7.36. The number of carbonyl (C=O) groups excluding carboxylic acids is 1. The number of rotatable bonds is 9. The second-order valence-corrected chi connectivity index (χ2v) is 7.32. The summed E-state index contributed by atoms with van der Waals surface area (Å²) in [6.07, 6.45) is 2.15. The molecular formula is C18H28IN3O2. The Morgan fingerprint density at radius 3 is 2.46 bits per heavy atom. The van der Waals surface area contributed by atoms with Crippen molar-refractivity contribution < 1.29 is 9.53 Å². The van der Waals surface area contributed by atoms with Crippen LogP contribution in [0, 0.1) is 3.57 Å². The summed E-state index contributed by atoms with van der Waals surface area (Å²) in [6.45, 7) is 10.0. The molecule has 0 spiro atoms. The molecule has 1 aliphatic heterocycles. The van der Waals surface area contributed by atoms with Crippen LogP contribution in [0.4, 0.5) is 0 Å². The van der Waals surface area contributed by atoms with E-state index in [2.05, 4.69) is 44.6 Å². The first kappa shape index (κ1) is 19.5. The molecule has 1 N–H and O–H groups in total. The maximum absolute atomic E-state index is 11.8. The molecule has 1 saturated heterocycles. The fourth-order valence-corrected chi connectivity index (χ4v) is 3.11. The lowest BCUT2D eigenvalue weighted by Gasteiger charge is -2.33. The number of hydrogen-bond acceptors (Lipinski definition) is 4. The zero-order chi connectivity index (χ0) is 17.2. The second kappa shape index (κ2) is 10.9. The summed E-state index contributed by atoms with van der Waals surface area (Å²) in [5.74, 6) is 0.682. The van der Waals surface area contributed by atoms with E-state index in [-0.39, 0.29) is 12.5 Å². The average Bonchev–Trinajstić information content (AvgIpc) is 2.61. The van der Waals surface area contributed by atoms with Crippen molar-refractivity contribution in [3.63, 3.8) is 0 Å². The van der Waals surface area contributed by atoms with Crippen LogP contribution in [0.3, 0.4) is 0 Å². The Labute approximate surface area is 158 Å². The molecule has 0 bridgehead atoms. The first-order valence-corrected chi connectivity index (χ1v) is 9.85. The third-order valence-electron chi connectivity index (χ3n) is 4.32. The summed E-state index contributed by atoms with van der Waals surface area (Å²) >= 11 is 2.24. The van der Waals surface area contributed by atoms with E-state index >= 15 is 0 Å². The van der Waals surface area contributed by atoms with Gasteiger partial charge in [-0.1, -0.05) is 6.92 Å². The van der Waals surface area contributed by atoms with Crippen molar-refractivity contribution in [3.05, 3.63) is 27.8 Å². The number of nitrogens with one attached hydrogen (secondary N) is 1. The minimum Gasteiger partial charge on any atom is -0.484 e. The van der Waals surface area contributed by atoms with Crippen molar-refractivity contribution in [2.75, 3.05) is 52.4 Å². The van der Waals surface area contributed by atoms with Crippen LogP contribution in [-0.4, -0.2) is 68.1 Å². The smallest absolute Gasteiger partial charge is 0.257 e. The van der Waals surface area contributed by atoms with Crippen LogP contribution in [0.15, 0.2) is 24.3 Å². The maximum Gasteiger partial charge on any atom is 0.257 e. The molecule has 1 fully saturated rings. The van der Waals surface area contributed by atoms with Gasteiger partial charge in [-0.3, -0.25) is 4.79 Å². The number of halogens is 1. The molecular weight excluding hydrogens is 417 g/mol. The lowest BCUT2D eigenvalue weighted by Crippen LogP contribution is -2.46. The third-order valence-corrected chi connectivity index (χ3v) is 5.04. The Morgan fingerprint density at radius 1 is 1.12 bits per heavy atom. The summed E-state index contributed by atoms with van der Waals surface area (Å²) in [5, 5.41) is 2.93. The Morgan fingerprint density at radius 2 is 1.79 bits per heavy atom. The molecule has 0 unspecified atom stereocenters. The molecule has 24 heavy (non-hydrogen) atoms. The largest absolute Gasteiger partial charge is 0.484 e. The van der Waals surface area contributed by atoms with Gasteiger partial charge in [0.1, 0.15) is 5.75 Å². The zero-order valence-corrected chi connectivity index (χ0v) is 16.6. The number of benzene rings is 1. The van der Waals surface area contributed by atoms with Crippen LogP contribution in [-0.2, 0) is 4.79 Å². The van der Waals surface area contributed by atoms with Gasteiger partial charge in [0.15, 0.2) is 6.61 Å². The van der Waals surface area contributed by atoms with Crippen LogP contribution >= 0.6 is 22.6 Å². The molecule has 1 aromatic rings. The number of carbonyl (C=O) groups is 1. The lowest BCUT2D eigenvalue weighted by atomic mass is 10.2. The topological polar surface area (TPSA) is 44.8 Å². The van der Waals surface area contributed by atoms with Crippen LogP contribution in [0.1, 0.15) is 19.8 Å². The van der Waals surface area contributed by atoms with Gasteiger partial charge in [0.2, 0.25) is 0 Å². The summed E-state index contributed by atoms with van der Waals surface area (Å²) < 4.78 is 6.62. The number of ether oxygens (including phenoxy) is 1. The number of nitrogens with zero attached hydrogens (tertiary/aromatic N) is 2. The maximum atomic E-state index is 11.8. The fourth-order valence-electron chi connectivity index (χ4n) is 2.75. The number of likely N-dealkylation sites (N-methyl/N-ethyl adjacent to an activating group) is 1. The van der Waals surface area contributed by atoms with Crippen molar-refractivity contribution in [2.45, 2.75) is 19.8 Å². The highest BCUT2D eigenvalue weighted by Crippen LogP contribution is 2.13. The molecule has 0 atom stereocenters. The fraction of sp³-hybridized carbons (Fsp3) is 0.611. The van der Waals surface area contributed by atoms with E-state index in [1.165, 1.54) is 26.2 Å². The quantitative estimate of drug-likeness (QED) is 0.468. The van der Waals surface area contributed by atoms with Gasteiger partial charge < -0.3 is 19.9 Å². The van der Waals surface area contributed by atoms with E-state index in [1.807, 2.05) is 24.3 Å². The molecule has 1 amide bonds. The van der Waals surface area contributed by atoms with Crippen molar-refractivity contribution >= 4 is 28.5 Å². The number of hydrogen-bond donors (Lipinski definition) is 1. The summed E-state index contributed by atoms with van der Waals surface area (Å²) in [7, 11) is 0. The highest BCUT2D eigenvalue weighted by Gasteiger charge is 2.14. The standard InChI is InChI=1S/C18H28IN3O2/c1-2-21-11-13-22(14-12-21)10-4-3-9-20-18(23)15-24-17-7-5-16(19)6-8-17/h5-8H,2-4,9-15H2,1H3,(H,20,23). The van der Waals surface area contributed by atoms with Crippen molar-refractivity contribution in [1.82, 2.24) is 15.1 Å².